The summed E-state index contributed by atoms with van der Waals surface area (Å²) in [5, 5.41) is 2.65. The van der Waals surface area contributed by atoms with Gasteiger partial charge >= 0.3 is 0 Å². The molecule has 0 aliphatic rings. The fourth-order valence-corrected chi connectivity index (χ4v) is 1.34. The quantitative estimate of drug-likeness (QED) is 0.660. The Morgan fingerprint density at radius 3 is 2.41 bits per heavy atom. The third-order valence-electron chi connectivity index (χ3n) is 2.35. The Labute approximate surface area is 100 Å². The standard InChI is InChI=1S/C12H17N3O2/c1-8-2-4-9(5-3-8)7-15-12(17)10(13)6-11(14)16/h2-5,10H,6-7,13H2,1H3,(H2,14,16)(H,15,17). The predicted molar refractivity (Wildman–Crippen MR) is 64.8 cm³/mol. The van der Waals surface area contributed by atoms with E-state index in [9.17, 15) is 9.59 Å². The Bertz CT molecular complexity index is 401. The minimum Gasteiger partial charge on any atom is -0.370 e. The second kappa shape index (κ2) is 6.00. The molecule has 0 aromatic heterocycles. The van der Waals surface area contributed by atoms with E-state index in [1.807, 2.05) is 31.2 Å². The molecule has 2 amide bonds. The molecular formula is C12H17N3O2. The van der Waals surface area contributed by atoms with Crippen LogP contribution in [0.5, 0.6) is 0 Å². The molecule has 0 radical (unpaired) electrons. The maximum Gasteiger partial charge on any atom is 0.237 e. The summed E-state index contributed by atoms with van der Waals surface area (Å²) in [6.45, 7) is 2.39. The van der Waals surface area contributed by atoms with Gasteiger partial charge in [0.25, 0.3) is 0 Å². The second-order valence-corrected chi connectivity index (χ2v) is 3.98. The summed E-state index contributed by atoms with van der Waals surface area (Å²) < 4.78 is 0. The average molecular weight is 235 g/mol. The molecule has 1 atom stereocenters. The molecule has 0 bridgehead atoms. The third-order valence-corrected chi connectivity index (χ3v) is 2.35. The molecule has 0 aliphatic heterocycles. The van der Waals surface area contributed by atoms with Gasteiger partial charge in [-0.15, -0.1) is 0 Å². The summed E-state index contributed by atoms with van der Waals surface area (Å²) >= 11 is 0. The second-order valence-electron chi connectivity index (χ2n) is 3.98. The van der Waals surface area contributed by atoms with Crippen LogP contribution >= 0.6 is 0 Å². The van der Waals surface area contributed by atoms with Crippen molar-refractivity contribution >= 4 is 11.8 Å². The molecule has 0 saturated carbocycles. The molecule has 5 heteroatoms. The van der Waals surface area contributed by atoms with Gasteiger partial charge in [-0.2, -0.15) is 0 Å². The summed E-state index contributed by atoms with van der Waals surface area (Å²) in [6.07, 6.45) is -0.139. The van der Waals surface area contributed by atoms with Crippen molar-refractivity contribution in [3.8, 4) is 0 Å². The van der Waals surface area contributed by atoms with Gasteiger partial charge in [0.1, 0.15) is 0 Å². The van der Waals surface area contributed by atoms with Crippen LogP contribution < -0.4 is 16.8 Å². The molecule has 5 N–H and O–H groups in total. The molecule has 92 valence electrons. The van der Waals surface area contributed by atoms with Crippen LogP contribution in [-0.4, -0.2) is 17.9 Å². The van der Waals surface area contributed by atoms with E-state index in [1.165, 1.54) is 0 Å². The van der Waals surface area contributed by atoms with Crippen molar-refractivity contribution in [1.29, 1.82) is 0 Å². The number of amides is 2. The van der Waals surface area contributed by atoms with Crippen molar-refractivity contribution in [3.63, 3.8) is 0 Å². The Morgan fingerprint density at radius 2 is 1.88 bits per heavy atom. The van der Waals surface area contributed by atoms with Crippen LogP contribution in [0.3, 0.4) is 0 Å². The molecular weight excluding hydrogens is 218 g/mol. The highest BCUT2D eigenvalue weighted by atomic mass is 16.2. The molecule has 1 unspecified atom stereocenters. The first-order chi connectivity index (χ1) is 7.99. The lowest BCUT2D eigenvalue weighted by Crippen LogP contribution is -2.42. The van der Waals surface area contributed by atoms with Gasteiger partial charge in [0.15, 0.2) is 0 Å². The lowest BCUT2D eigenvalue weighted by atomic mass is 10.1. The van der Waals surface area contributed by atoms with E-state index >= 15 is 0 Å². The SMILES string of the molecule is Cc1ccc(CNC(=O)C(N)CC(N)=O)cc1. The Kier molecular flexibility index (Phi) is 4.66. The Balaban J connectivity index is 2.42. The lowest BCUT2D eigenvalue weighted by molar-refractivity contribution is -0.126. The van der Waals surface area contributed by atoms with E-state index in [2.05, 4.69) is 5.32 Å². The first kappa shape index (κ1) is 13.2. The number of nitrogens with two attached hydrogens (primary N) is 2. The first-order valence-electron chi connectivity index (χ1n) is 5.36. The molecule has 0 heterocycles. The predicted octanol–water partition coefficient (Wildman–Crippen LogP) is -0.186. The van der Waals surface area contributed by atoms with Crippen LogP contribution in [0.2, 0.25) is 0 Å². The summed E-state index contributed by atoms with van der Waals surface area (Å²) in [7, 11) is 0. The van der Waals surface area contributed by atoms with E-state index in [-0.39, 0.29) is 12.3 Å². The van der Waals surface area contributed by atoms with Gasteiger partial charge in [0, 0.05) is 6.54 Å². The summed E-state index contributed by atoms with van der Waals surface area (Å²) in [5.41, 5.74) is 12.6. The summed E-state index contributed by atoms with van der Waals surface area (Å²) in [5.74, 6) is -0.952. The van der Waals surface area contributed by atoms with Crippen LogP contribution in [0.4, 0.5) is 0 Å². The van der Waals surface area contributed by atoms with Crippen molar-refractivity contribution in [3.05, 3.63) is 35.4 Å². The number of carbonyl (C=O) groups is 2. The maximum absolute atomic E-state index is 11.5. The van der Waals surface area contributed by atoms with Crippen molar-refractivity contribution in [2.24, 2.45) is 11.5 Å². The zero-order valence-corrected chi connectivity index (χ0v) is 9.77. The fraction of sp³-hybridized carbons (Fsp3) is 0.333. The van der Waals surface area contributed by atoms with Crippen LogP contribution in [0.15, 0.2) is 24.3 Å². The number of hydrogen-bond acceptors (Lipinski definition) is 3. The number of aryl methyl sites for hydroxylation is 1. The van der Waals surface area contributed by atoms with E-state index in [1.54, 1.807) is 0 Å². The van der Waals surface area contributed by atoms with E-state index < -0.39 is 11.9 Å². The molecule has 5 nitrogen and oxygen atoms in total. The zero-order chi connectivity index (χ0) is 12.8. The van der Waals surface area contributed by atoms with E-state index in [0.717, 1.165) is 11.1 Å². The monoisotopic (exact) mass is 235 g/mol. The van der Waals surface area contributed by atoms with Crippen LogP contribution in [0.1, 0.15) is 17.5 Å². The minimum absolute atomic E-state index is 0.139. The zero-order valence-electron chi connectivity index (χ0n) is 9.77. The number of nitrogens with one attached hydrogen (secondary N) is 1. The average Bonchev–Trinajstić information content (AvgIpc) is 2.27. The topological polar surface area (TPSA) is 98.2 Å². The number of carbonyl (C=O) groups excluding carboxylic acids is 2. The number of benzene rings is 1. The maximum atomic E-state index is 11.5. The van der Waals surface area contributed by atoms with Crippen molar-refractivity contribution in [2.75, 3.05) is 0 Å². The minimum atomic E-state index is -0.877. The van der Waals surface area contributed by atoms with Gasteiger partial charge in [0.2, 0.25) is 11.8 Å². The smallest absolute Gasteiger partial charge is 0.237 e. The summed E-state index contributed by atoms with van der Waals surface area (Å²) in [6, 6.07) is 6.90. The number of hydrogen-bond donors (Lipinski definition) is 3. The van der Waals surface area contributed by atoms with Gasteiger partial charge in [-0.3, -0.25) is 9.59 Å². The van der Waals surface area contributed by atoms with Crippen molar-refractivity contribution in [2.45, 2.75) is 25.9 Å². The van der Waals surface area contributed by atoms with Gasteiger partial charge in [-0.05, 0) is 12.5 Å². The van der Waals surface area contributed by atoms with Crippen LogP contribution in [0, 0.1) is 6.92 Å². The van der Waals surface area contributed by atoms with Crippen molar-refractivity contribution < 1.29 is 9.59 Å². The Hall–Kier alpha value is -1.88. The largest absolute Gasteiger partial charge is 0.370 e. The molecule has 1 rings (SSSR count). The highest BCUT2D eigenvalue weighted by Crippen LogP contribution is 2.02. The molecule has 1 aromatic carbocycles. The molecule has 0 fully saturated rings. The molecule has 1 aromatic rings. The van der Waals surface area contributed by atoms with Crippen LogP contribution in [-0.2, 0) is 16.1 Å². The molecule has 0 saturated heterocycles. The Morgan fingerprint density at radius 1 is 1.29 bits per heavy atom. The lowest BCUT2D eigenvalue weighted by Gasteiger charge is -2.10. The molecule has 0 spiro atoms. The number of rotatable bonds is 5. The van der Waals surface area contributed by atoms with E-state index in [4.69, 9.17) is 11.5 Å². The van der Waals surface area contributed by atoms with Crippen LogP contribution in [0.25, 0.3) is 0 Å². The van der Waals surface area contributed by atoms with E-state index in [0.29, 0.717) is 6.54 Å². The van der Waals surface area contributed by atoms with Crippen molar-refractivity contribution in [1.82, 2.24) is 5.32 Å². The fourth-order valence-electron chi connectivity index (χ4n) is 1.34. The van der Waals surface area contributed by atoms with Gasteiger partial charge in [-0.1, -0.05) is 29.8 Å². The summed E-state index contributed by atoms with van der Waals surface area (Å²) in [4.78, 5) is 22.1. The molecule has 17 heavy (non-hydrogen) atoms. The van der Waals surface area contributed by atoms with Gasteiger partial charge < -0.3 is 16.8 Å². The molecule has 0 aliphatic carbocycles. The third kappa shape index (κ3) is 4.65. The number of primary amides is 1. The highest BCUT2D eigenvalue weighted by molar-refractivity contribution is 5.87. The normalized spacial score (nSPS) is 11.9. The highest BCUT2D eigenvalue weighted by Gasteiger charge is 2.15. The van der Waals surface area contributed by atoms with Gasteiger partial charge in [0.05, 0.1) is 12.5 Å². The first-order valence-corrected chi connectivity index (χ1v) is 5.36. The van der Waals surface area contributed by atoms with Gasteiger partial charge in [-0.25, -0.2) is 0 Å².